The van der Waals surface area contributed by atoms with E-state index in [4.69, 9.17) is 10.2 Å². The summed E-state index contributed by atoms with van der Waals surface area (Å²) in [5.74, 6) is 0. The second-order valence-electron chi connectivity index (χ2n) is 1.01. The van der Waals surface area contributed by atoms with Gasteiger partial charge in [0.25, 0.3) is 0 Å². The number of hydrogen-bond donors (Lipinski definition) is 2. The van der Waals surface area contributed by atoms with E-state index in [1.165, 1.54) is 12.2 Å². The molecule has 0 saturated carbocycles. The summed E-state index contributed by atoms with van der Waals surface area (Å²) in [5.41, 5.74) is 0. The fraction of sp³-hybridized carbons (Fsp3) is 0.333. The van der Waals surface area contributed by atoms with Crippen LogP contribution in [0.2, 0.25) is 0 Å². The van der Waals surface area contributed by atoms with Gasteiger partial charge >= 0.3 is 41.3 Å². The van der Waals surface area contributed by atoms with Crippen LogP contribution in [0.4, 0.5) is 0 Å². The topological polar surface area (TPSA) is 40.5 Å². The zero-order chi connectivity index (χ0) is 9.54. The van der Waals surface area contributed by atoms with Crippen LogP contribution in [0.5, 0.6) is 0 Å². The van der Waals surface area contributed by atoms with Crippen LogP contribution in [0.3, 0.4) is 0 Å². The fourth-order valence-corrected chi connectivity index (χ4v) is 0. The molecule has 2 N–H and O–H groups in total. The van der Waals surface area contributed by atoms with Crippen LogP contribution >= 0.6 is 26.3 Å². The first-order chi connectivity index (χ1) is 5.24. The predicted octanol–water partition coefficient (Wildman–Crippen LogP) is 2.02. The number of aliphatic hydroxyl groups excluding tert-OH is 2. The minimum absolute atomic E-state index is 0.0833. The van der Waals surface area contributed by atoms with Crippen molar-refractivity contribution >= 4 is 26.3 Å². The molecule has 0 spiro atoms. The summed E-state index contributed by atoms with van der Waals surface area (Å²) >= 11 is 6.50. The summed E-state index contributed by atoms with van der Waals surface area (Å²) in [6.45, 7) is 6.62. The molecule has 0 aliphatic carbocycles. The first-order valence-electron chi connectivity index (χ1n) is 2.64. The second kappa shape index (κ2) is 30.5. The van der Waals surface area contributed by atoms with E-state index >= 15 is 0 Å². The van der Waals surface area contributed by atoms with Crippen molar-refractivity contribution in [2.45, 2.75) is 0 Å². The standard InChI is InChI=1S/2C3H6O.2BrH.Ti/c2*1-2-3-4;;;/h2*2,4H,1,3H2;2*1H;/q;;;;+2/p-2. The van der Waals surface area contributed by atoms with Crippen LogP contribution in [0, 0.1) is 0 Å². The zero-order valence-corrected chi connectivity index (χ0v) is 10.9. The Morgan fingerprint density at radius 3 is 1.18 bits per heavy atom. The van der Waals surface area contributed by atoms with E-state index in [-0.39, 0.29) is 28.2 Å². The van der Waals surface area contributed by atoms with Crippen molar-refractivity contribution in [3.05, 3.63) is 25.3 Å². The van der Waals surface area contributed by atoms with Crippen molar-refractivity contribution in [3.8, 4) is 0 Å². The maximum absolute atomic E-state index is 7.76. The maximum atomic E-state index is 7.76. The number of aliphatic hydroxyl groups is 2. The molecule has 0 saturated heterocycles. The number of halogens is 2. The fourth-order valence-electron chi connectivity index (χ4n) is 0. The molecule has 0 amide bonds. The first-order valence-corrected chi connectivity index (χ1v) is 10.4. The molecule has 0 unspecified atom stereocenters. The second-order valence-corrected chi connectivity index (χ2v) is 8.89. The van der Waals surface area contributed by atoms with E-state index in [1.54, 1.807) is 0 Å². The molecule has 0 bridgehead atoms. The molecule has 0 aromatic heterocycles. The third-order valence-corrected chi connectivity index (χ3v) is 0.258. The van der Waals surface area contributed by atoms with E-state index in [2.05, 4.69) is 39.5 Å². The van der Waals surface area contributed by atoms with Crippen molar-refractivity contribution in [1.29, 1.82) is 0 Å². The quantitative estimate of drug-likeness (QED) is 0.603. The van der Waals surface area contributed by atoms with Gasteiger partial charge in [0.1, 0.15) is 0 Å². The molecule has 0 aromatic carbocycles. The van der Waals surface area contributed by atoms with Gasteiger partial charge in [-0.15, -0.1) is 13.2 Å². The monoisotopic (exact) mass is 322 g/mol. The van der Waals surface area contributed by atoms with E-state index in [1.807, 2.05) is 0 Å². The Morgan fingerprint density at radius 2 is 1.18 bits per heavy atom. The van der Waals surface area contributed by atoms with Crippen molar-refractivity contribution < 1.29 is 25.2 Å². The Labute approximate surface area is 89.4 Å². The molecule has 0 radical (unpaired) electrons. The summed E-state index contributed by atoms with van der Waals surface area (Å²) in [4.78, 5) is 0. The number of rotatable bonds is 2. The summed E-state index contributed by atoms with van der Waals surface area (Å²) in [7, 11) is 0. The third kappa shape index (κ3) is 96.5. The number of hydrogen-bond acceptors (Lipinski definition) is 2. The Morgan fingerprint density at radius 1 is 1.09 bits per heavy atom. The molecule has 0 aliphatic heterocycles. The van der Waals surface area contributed by atoms with Gasteiger partial charge in [-0.3, -0.25) is 0 Å². The summed E-state index contributed by atoms with van der Waals surface area (Å²) in [5, 5.41) is 15.5. The van der Waals surface area contributed by atoms with Crippen LogP contribution in [0.15, 0.2) is 25.3 Å². The Bertz CT molecular complexity index is 63.6. The van der Waals surface area contributed by atoms with Crippen molar-refractivity contribution in [2.75, 3.05) is 13.2 Å². The van der Waals surface area contributed by atoms with Gasteiger partial charge in [0.05, 0.1) is 13.2 Å². The van der Waals surface area contributed by atoms with Gasteiger partial charge in [-0.2, -0.15) is 0 Å². The molecule has 0 rings (SSSR count). The van der Waals surface area contributed by atoms with Crippen LogP contribution < -0.4 is 0 Å². The average Bonchev–Trinajstić information content (AvgIpc) is 2.06. The zero-order valence-electron chi connectivity index (χ0n) is 6.13. The van der Waals surface area contributed by atoms with Gasteiger partial charge < -0.3 is 10.2 Å². The minimum atomic E-state index is 0.0833. The first kappa shape index (κ1) is 18.0. The SMILES string of the molecule is C=CCO.C=CCO.[Br][Ti][Br]. The normalized spacial score (nSPS) is 5.82. The molecule has 2 nitrogen and oxygen atoms in total. The molecule has 0 aliphatic rings. The van der Waals surface area contributed by atoms with E-state index in [0.717, 1.165) is 0 Å². The molecule has 0 fully saturated rings. The van der Waals surface area contributed by atoms with Crippen molar-refractivity contribution in [2.24, 2.45) is 0 Å². The van der Waals surface area contributed by atoms with E-state index in [0.29, 0.717) is 0 Å². The Kier molecular flexibility index (Phi) is 49.8. The van der Waals surface area contributed by atoms with Gasteiger partial charge in [-0.1, -0.05) is 12.2 Å². The summed E-state index contributed by atoms with van der Waals surface area (Å²) in [6.07, 6.45) is 2.86. The Balaban J connectivity index is -0.0000000886. The Hall–Kier alpha value is 1.07. The predicted molar refractivity (Wildman–Crippen MR) is 52.4 cm³/mol. The van der Waals surface area contributed by atoms with Crippen LogP contribution in [-0.4, -0.2) is 23.4 Å². The summed E-state index contributed by atoms with van der Waals surface area (Å²) in [6, 6.07) is 0. The van der Waals surface area contributed by atoms with Crippen LogP contribution in [0.1, 0.15) is 0 Å². The van der Waals surface area contributed by atoms with Crippen LogP contribution in [0.25, 0.3) is 0 Å². The van der Waals surface area contributed by atoms with Crippen LogP contribution in [-0.2, 0) is 15.0 Å². The van der Waals surface area contributed by atoms with Crippen molar-refractivity contribution in [1.82, 2.24) is 0 Å². The molecule has 5 heteroatoms. The average molecular weight is 324 g/mol. The van der Waals surface area contributed by atoms with E-state index < -0.39 is 0 Å². The molecule has 0 heterocycles. The van der Waals surface area contributed by atoms with Gasteiger partial charge in [0.15, 0.2) is 0 Å². The molecular formula is C6H12Br2O2Ti. The molecular weight excluding hydrogens is 312 g/mol. The molecule has 0 atom stereocenters. The van der Waals surface area contributed by atoms with Gasteiger partial charge in [0, 0.05) is 0 Å². The molecule has 11 heavy (non-hydrogen) atoms. The van der Waals surface area contributed by atoms with Crippen molar-refractivity contribution in [3.63, 3.8) is 0 Å². The summed E-state index contributed by atoms with van der Waals surface area (Å²) < 4.78 is 0. The molecule has 0 aromatic rings. The molecule has 66 valence electrons. The van der Waals surface area contributed by atoms with Gasteiger partial charge in [-0.25, -0.2) is 0 Å². The van der Waals surface area contributed by atoms with E-state index in [9.17, 15) is 0 Å². The van der Waals surface area contributed by atoms with Gasteiger partial charge in [-0.05, 0) is 0 Å². The third-order valence-electron chi connectivity index (χ3n) is 0.258. The van der Waals surface area contributed by atoms with Gasteiger partial charge in [0.2, 0.25) is 0 Å².